The first-order valence-electron chi connectivity index (χ1n) is 0.730. The normalized spacial score (nSPS) is 8.43. The average Bonchev–Trinajstić information content (AvgIpc) is 0.722. The van der Waals surface area contributed by atoms with E-state index in [2.05, 4.69) is 0 Å². The molecule has 0 unspecified atom stereocenters. The summed E-state index contributed by atoms with van der Waals surface area (Å²) in [6.45, 7) is 0. The van der Waals surface area contributed by atoms with Gasteiger partial charge < -0.3 is 19.2 Å². The topological polar surface area (TPSA) is 86.2 Å². The monoisotopic (exact) mass is 377 g/mol. The Morgan fingerprint density at radius 1 is 1.14 bits per heavy atom. The van der Waals surface area contributed by atoms with E-state index in [-0.39, 0.29) is 44.9 Å². The van der Waals surface area contributed by atoms with E-state index >= 15 is 0 Å². The fourth-order valence-electron chi connectivity index (χ4n) is 0. The van der Waals surface area contributed by atoms with Gasteiger partial charge in [0, 0.05) is 17.6 Å². The Bertz CT molecular complexity index is 57.8. The number of rotatable bonds is 0. The molecule has 4 nitrogen and oxygen atoms in total. The van der Waals surface area contributed by atoms with Gasteiger partial charge in [-0.3, -0.25) is 0 Å². The number of hydrogen-bond acceptors (Lipinski definition) is 4. The van der Waals surface area contributed by atoms with Gasteiger partial charge in [-0.15, -0.1) is 0 Å². The van der Waals surface area contributed by atoms with Gasteiger partial charge in [0.2, 0.25) is 0 Å². The molecule has 6 radical (unpaired) electrons. The van der Waals surface area contributed by atoms with Crippen molar-refractivity contribution in [3.63, 3.8) is 0 Å². The maximum atomic E-state index is 8.55. The Balaban J connectivity index is -0.0000000800. The van der Waals surface area contributed by atoms with Crippen LogP contribution in [0.5, 0.6) is 0 Å². The summed E-state index contributed by atoms with van der Waals surface area (Å²) in [7, 11) is -5.39. The summed E-state index contributed by atoms with van der Waals surface area (Å²) in [6.07, 6.45) is 0. The minimum atomic E-state index is -5.39. The van der Waals surface area contributed by atoms with Gasteiger partial charge >= 0.3 is 27.3 Å². The van der Waals surface area contributed by atoms with Crippen molar-refractivity contribution in [3.8, 4) is 0 Å². The zero-order chi connectivity index (χ0) is 4.50. The molecule has 7 heavy (non-hydrogen) atoms. The van der Waals surface area contributed by atoms with E-state index in [1.54, 1.807) is 0 Å². The van der Waals surface area contributed by atoms with Crippen LogP contribution in [0.2, 0.25) is 0 Å². The first-order valence-corrected chi connectivity index (χ1v) is 2.19. The Morgan fingerprint density at radius 2 is 1.14 bits per heavy atom. The van der Waals surface area contributed by atoms with Crippen LogP contribution in [0, 0.1) is 0 Å². The molecule has 0 aliphatic heterocycles. The van der Waals surface area contributed by atoms with Crippen LogP contribution in [0.15, 0.2) is 0 Å². The molecule has 0 bridgehead atoms. The van der Waals surface area contributed by atoms with E-state index in [9.17, 15) is 0 Å². The largest absolute Gasteiger partial charge is 2.00 e. The first-order chi connectivity index (χ1) is 2.00. The van der Waals surface area contributed by atoms with Gasteiger partial charge in [-0.05, 0) is 0 Å². The standard InChI is InChI=1S/Ge.H3O4P.Pb/c;1-5(2,3)4;/h;(H3,1,2,3,4);/q;;+2/p-3. The molecule has 0 rings (SSSR count). The quantitative estimate of drug-likeness (QED) is 0.324. The summed E-state index contributed by atoms with van der Waals surface area (Å²) >= 11 is 0. The second kappa shape index (κ2) is 5.71. The van der Waals surface area contributed by atoms with Gasteiger partial charge in [0.25, 0.3) is 0 Å². The molecule has 7 heteroatoms. The smallest absolute Gasteiger partial charge is 0.822 e. The fourth-order valence-corrected chi connectivity index (χ4v) is 0. The molecule has 0 spiro atoms. The van der Waals surface area contributed by atoms with Crippen LogP contribution < -0.4 is 14.7 Å². The van der Waals surface area contributed by atoms with Crippen molar-refractivity contribution in [1.29, 1.82) is 0 Å². The first kappa shape index (κ1) is 15.8. The molecule has 0 amide bonds. The Hall–Kier alpha value is 1.57. The summed E-state index contributed by atoms with van der Waals surface area (Å²) in [5, 5.41) is 0. The van der Waals surface area contributed by atoms with Crippen molar-refractivity contribution < 1.29 is 19.2 Å². The maximum Gasteiger partial charge on any atom is 2.00 e. The Morgan fingerprint density at radius 3 is 1.14 bits per heavy atom. The van der Waals surface area contributed by atoms with Crippen molar-refractivity contribution >= 4 is 52.7 Å². The third-order valence-electron chi connectivity index (χ3n) is 0. The van der Waals surface area contributed by atoms with Crippen LogP contribution >= 0.6 is 7.82 Å². The molecular formula is GeO4PPb-. The molecule has 38 valence electrons. The summed E-state index contributed by atoms with van der Waals surface area (Å²) in [6, 6.07) is 0. The molecule has 0 N–H and O–H groups in total. The Labute approximate surface area is 71.7 Å². The zero-order valence-electron chi connectivity index (χ0n) is 3.08. The van der Waals surface area contributed by atoms with E-state index in [1.807, 2.05) is 0 Å². The second-order valence-corrected chi connectivity index (χ2v) is 1.34. The third-order valence-corrected chi connectivity index (χ3v) is 0. The van der Waals surface area contributed by atoms with Crippen LogP contribution in [0.25, 0.3) is 0 Å². The fraction of sp³-hybridized carbons (Fsp3) is 0. The van der Waals surface area contributed by atoms with E-state index in [4.69, 9.17) is 19.2 Å². The molecule has 0 saturated heterocycles. The third kappa shape index (κ3) is 94.9. The van der Waals surface area contributed by atoms with Crippen LogP contribution in [0.1, 0.15) is 0 Å². The number of hydrogen-bond donors (Lipinski definition) is 0. The van der Waals surface area contributed by atoms with Crippen LogP contribution in [0.4, 0.5) is 0 Å². The van der Waals surface area contributed by atoms with Crippen molar-refractivity contribution in [3.05, 3.63) is 0 Å². The molecule has 0 saturated carbocycles. The summed E-state index contributed by atoms with van der Waals surface area (Å²) in [4.78, 5) is 25.6. The van der Waals surface area contributed by atoms with Gasteiger partial charge in [0.05, 0.1) is 0 Å². The minimum Gasteiger partial charge on any atom is -0.822 e. The summed E-state index contributed by atoms with van der Waals surface area (Å²) in [5.74, 6) is 0. The maximum absolute atomic E-state index is 8.55. The van der Waals surface area contributed by atoms with Crippen LogP contribution in [-0.4, -0.2) is 44.9 Å². The zero-order valence-corrected chi connectivity index (χ0v) is 9.96. The van der Waals surface area contributed by atoms with Gasteiger partial charge in [0.1, 0.15) is 0 Å². The second-order valence-electron chi connectivity index (χ2n) is 0.447. The van der Waals surface area contributed by atoms with E-state index < -0.39 is 7.82 Å². The predicted molar refractivity (Wildman–Crippen MR) is 19.1 cm³/mol. The molecule has 0 aromatic rings. The van der Waals surface area contributed by atoms with Crippen LogP contribution in [-0.2, 0) is 4.57 Å². The molecular weight excluding hydrogens is 375 g/mol. The molecule has 0 heterocycles. The molecule has 0 aromatic heterocycles. The van der Waals surface area contributed by atoms with Gasteiger partial charge in [-0.25, -0.2) is 0 Å². The molecule has 0 aliphatic rings. The van der Waals surface area contributed by atoms with Crippen molar-refractivity contribution in [1.82, 2.24) is 0 Å². The van der Waals surface area contributed by atoms with Crippen LogP contribution in [0.3, 0.4) is 0 Å². The molecule has 0 atom stereocenters. The molecule has 0 fully saturated rings. The SMILES string of the molecule is O=P([O-])([O-])[O-].[Ge].[Pb+2]. The van der Waals surface area contributed by atoms with Crippen molar-refractivity contribution in [2.45, 2.75) is 0 Å². The number of phosphoric acid groups is 1. The van der Waals surface area contributed by atoms with Gasteiger partial charge in [-0.2, -0.15) is 7.82 Å². The van der Waals surface area contributed by atoms with Crippen molar-refractivity contribution in [2.24, 2.45) is 0 Å². The molecule has 0 aliphatic carbocycles. The van der Waals surface area contributed by atoms with E-state index in [1.165, 1.54) is 0 Å². The van der Waals surface area contributed by atoms with E-state index in [0.717, 1.165) is 0 Å². The van der Waals surface area contributed by atoms with Crippen molar-refractivity contribution in [2.75, 3.05) is 0 Å². The minimum absolute atomic E-state index is 0. The van der Waals surface area contributed by atoms with E-state index in [0.29, 0.717) is 0 Å². The molecule has 0 aromatic carbocycles. The Kier molecular flexibility index (Phi) is 12.9. The van der Waals surface area contributed by atoms with Gasteiger partial charge in [0.15, 0.2) is 0 Å². The summed E-state index contributed by atoms with van der Waals surface area (Å²) in [5.41, 5.74) is 0. The predicted octanol–water partition coefficient (Wildman–Crippen LogP) is -3.59. The summed E-state index contributed by atoms with van der Waals surface area (Å²) < 4.78 is 8.55. The average molecular weight is 375 g/mol. The van der Waals surface area contributed by atoms with Gasteiger partial charge in [-0.1, -0.05) is 0 Å².